The Bertz CT molecular complexity index is 3720. The van der Waals surface area contributed by atoms with Crippen molar-refractivity contribution in [3.8, 4) is 44.5 Å². The molecule has 1 nitrogen and oxygen atoms in total. The van der Waals surface area contributed by atoms with Crippen molar-refractivity contribution in [2.75, 3.05) is 4.90 Å². The minimum atomic E-state index is -0.599. The van der Waals surface area contributed by atoms with Crippen LogP contribution in [0.5, 0.6) is 0 Å². The second kappa shape index (κ2) is 15.9. The van der Waals surface area contributed by atoms with Gasteiger partial charge in [-0.3, -0.25) is 0 Å². The molecule has 1 spiro atoms. The lowest BCUT2D eigenvalue weighted by Crippen LogP contribution is -2.32. The van der Waals surface area contributed by atoms with Gasteiger partial charge >= 0.3 is 0 Å². The van der Waals surface area contributed by atoms with Gasteiger partial charge in [0.25, 0.3) is 0 Å². The van der Waals surface area contributed by atoms with Crippen molar-refractivity contribution in [3.63, 3.8) is 0 Å². The summed E-state index contributed by atoms with van der Waals surface area (Å²) in [5.41, 5.74) is 27.3. The molecule has 3 unspecified atom stereocenters. The molecule has 364 valence electrons. The number of nitrogens with zero attached hydrogens (tertiary/aromatic N) is 1. The molecule has 2 bridgehead atoms. The maximum absolute atomic E-state index is 2.69. The second-order valence-electron chi connectivity index (χ2n) is 25.2. The average Bonchev–Trinajstić information content (AvgIpc) is 4.22. The summed E-state index contributed by atoms with van der Waals surface area (Å²) in [6.07, 6.45) is 5.24. The van der Waals surface area contributed by atoms with Crippen LogP contribution in [0.1, 0.15) is 137 Å². The van der Waals surface area contributed by atoms with Gasteiger partial charge in [-0.15, -0.1) is 0 Å². The number of para-hydroxylation sites is 1. The summed E-state index contributed by atoms with van der Waals surface area (Å²) in [6, 6.07) is 78.3. The fourth-order valence-corrected chi connectivity index (χ4v) is 15.6. The molecule has 14 rings (SSSR count). The molecule has 0 aromatic heterocycles. The van der Waals surface area contributed by atoms with Gasteiger partial charge in [-0.1, -0.05) is 238 Å². The van der Waals surface area contributed by atoms with Crippen LogP contribution in [0.3, 0.4) is 0 Å². The van der Waals surface area contributed by atoms with E-state index in [9.17, 15) is 0 Å². The normalized spacial score (nSPS) is 19.9. The van der Waals surface area contributed by atoms with E-state index in [0.717, 1.165) is 5.92 Å². The molecule has 2 saturated carbocycles. The lowest BCUT2D eigenvalue weighted by molar-refractivity contribution is 0.327. The molecule has 74 heavy (non-hydrogen) atoms. The molecule has 5 aliphatic rings. The van der Waals surface area contributed by atoms with E-state index in [1.54, 1.807) is 5.56 Å². The van der Waals surface area contributed by atoms with Gasteiger partial charge in [-0.05, 0) is 155 Å². The Morgan fingerprint density at radius 3 is 1.58 bits per heavy atom. The zero-order chi connectivity index (χ0) is 50.5. The first-order chi connectivity index (χ1) is 35.7. The molecule has 0 N–H and O–H groups in total. The van der Waals surface area contributed by atoms with Crippen LogP contribution in [0.4, 0.5) is 17.1 Å². The molecule has 0 saturated heterocycles. The molecule has 1 heteroatoms. The van der Waals surface area contributed by atoms with Crippen molar-refractivity contribution in [2.45, 2.75) is 108 Å². The maximum atomic E-state index is 2.69. The van der Waals surface area contributed by atoms with E-state index >= 15 is 0 Å². The number of fused-ring (bicyclic) bond motifs is 14. The zero-order valence-electron chi connectivity index (χ0n) is 44.5. The van der Waals surface area contributed by atoms with Crippen molar-refractivity contribution in [3.05, 3.63) is 256 Å². The van der Waals surface area contributed by atoms with E-state index in [1.165, 1.54) is 137 Å². The SMILES string of the molecule is CC(C)(C)c1cccc(C2(c3cccc(C(C)(C)C)c3)c3ccccc3-c3c(N(c4ccc5c(c4)C4(CC6CCC4C6)c4ccccc4-5)c4ccccc4-c4cccc5c4C(C)(C)c4ccccc4-5)cccc32)c1. The smallest absolute Gasteiger partial charge is 0.0714 e. The summed E-state index contributed by atoms with van der Waals surface area (Å²) in [7, 11) is 0. The predicted octanol–water partition coefficient (Wildman–Crippen LogP) is 19.2. The standard InChI is InChI=1S/C73H67N/c1-69(2,3)47-21-17-23-50(42-47)73(51-24-18-22-48(43-51)70(4,5)6)62-33-15-11-28-59(62)67-63(73)34-20-36-66(67)74(52-39-40-55-53-25-10-14-32-61(53)72(64(55)44-52)45-46-37-38-49(72)41-46)65-35-16-12-27-56(65)58-30-19-29-57-54-26-9-13-31-60(54)71(7,8)68(57)58/h9-36,39-40,42-44,46,49H,37-38,41,45H2,1-8H3. The predicted molar refractivity (Wildman–Crippen MR) is 310 cm³/mol. The zero-order valence-corrected chi connectivity index (χ0v) is 44.5. The molecule has 9 aromatic carbocycles. The van der Waals surface area contributed by atoms with Gasteiger partial charge in [0.05, 0.1) is 16.8 Å². The number of hydrogen-bond donors (Lipinski definition) is 0. The quantitative estimate of drug-likeness (QED) is 0.161. The largest absolute Gasteiger partial charge is 0.309 e. The first-order valence-corrected chi connectivity index (χ1v) is 27.5. The molecule has 0 radical (unpaired) electrons. The van der Waals surface area contributed by atoms with Crippen LogP contribution in [-0.4, -0.2) is 0 Å². The Balaban J connectivity index is 1.08. The van der Waals surface area contributed by atoms with E-state index in [1.807, 2.05) is 0 Å². The summed E-state index contributed by atoms with van der Waals surface area (Å²) in [6.45, 7) is 18.9. The fourth-order valence-electron chi connectivity index (χ4n) is 15.6. The maximum Gasteiger partial charge on any atom is 0.0714 e. The van der Waals surface area contributed by atoms with Gasteiger partial charge in [0.1, 0.15) is 0 Å². The average molecular weight is 958 g/mol. The number of hydrogen-bond acceptors (Lipinski definition) is 1. The fraction of sp³-hybridized carbons (Fsp3) is 0.260. The van der Waals surface area contributed by atoms with Crippen molar-refractivity contribution in [1.29, 1.82) is 0 Å². The topological polar surface area (TPSA) is 3.24 Å². The van der Waals surface area contributed by atoms with Crippen LogP contribution in [0.25, 0.3) is 44.5 Å². The molecule has 2 fully saturated rings. The Hall–Kier alpha value is -7.22. The highest BCUT2D eigenvalue weighted by molar-refractivity contribution is 6.01. The number of anilines is 3. The van der Waals surface area contributed by atoms with Crippen LogP contribution < -0.4 is 4.90 Å². The van der Waals surface area contributed by atoms with Crippen LogP contribution >= 0.6 is 0 Å². The minimum Gasteiger partial charge on any atom is -0.309 e. The van der Waals surface area contributed by atoms with Crippen molar-refractivity contribution >= 4 is 17.1 Å². The van der Waals surface area contributed by atoms with E-state index in [4.69, 9.17) is 0 Å². The van der Waals surface area contributed by atoms with Crippen LogP contribution in [-0.2, 0) is 27.1 Å². The number of rotatable bonds is 6. The number of benzene rings is 9. The second-order valence-corrected chi connectivity index (χ2v) is 25.2. The monoisotopic (exact) mass is 958 g/mol. The molecular formula is C73H67N. The molecule has 0 heterocycles. The third-order valence-corrected chi connectivity index (χ3v) is 18.9. The highest BCUT2D eigenvalue weighted by atomic mass is 15.1. The highest BCUT2D eigenvalue weighted by Crippen LogP contribution is 2.67. The van der Waals surface area contributed by atoms with E-state index < -0.39 is 5.41 Å². The summed E-state index contributed by atoms with van der Waals surface area (Å²) >= 11 is 0. The van der Waals surface area contributed by atoms with Gasteiger partial charge in [0.15, 0.2) is 0 Å². The van der Waals surface area contributed by atoms with Crippen LogP contribution in [0, 0.1) is 11.8 Å². The minimum absolute atomic E-state index is 0.0304. The third-order valence-electron chi connectivity index (χ3n) is 18.9. The lowest BCUT2D eigenvalue weighted by atomic mass is 9.66. The first kappa shape index (κ1) is 45.4. The van der Waals surface area contributed by atoms with Gasteiger partial charge in [0.2, 0.25) is 0 Å². The van der Waals surface area contributed by atoms with E-state index in [0.29, 0.717) is 5.92 Å². The lowest BCUT2D eigenvalue weighted by Gasteiger charge is -2.38. The van der Waals surface area contributed by atoms with E-state index in [2.05, 4.69) is 260 Å². The highest BCUT2D eigenvalue weighted by Gasteiger charge is 2.57. The Morgan fingerprint density at radius 2 is 0.932 bits per heavy atom. The Kier molecular flexibility index (Phi) is 9.75. The molecule has 0 aliphatic heterocycles. The van der Waals surface area contributed by atoms with Crippen molar-refractivity contribution in [2.24, 2.45) is 11.8 Å². The summed E-state index contributed by atoms with van der Waals surface area (Å²) in [5.74, 6) is 1.44. The van der Waals surface area contributed by atoms with Crippen LogP contribution in [0.2, 0.25) is 0 Å². The Labute approximate surface area is 440 Å². The summed E-state index contributed by atoms with van der Waals surface area (Å²) in [4.78, 5) is 2.69. The molecule has 0 amide bonds. The third kappa shape index (κ3) is 6.22. The summed E-state index contributed by atoms with van der Waals surface area (Å²) < 4.78 is 0. The molecular weight excluding hydrogens is 891 g/mol. The van der Waals surface area contributed by atoms with Gasteiger partial charge < -0.3 is 4.90 Å². The molecule has 9 aromatic rings. The molecule has 5 aliphatic carbocycles. The van der Waals surface area contributed by atoms with Gasteiger partial charge in [-0.25, -0.2) is 0 Å². The summed E-state index contributed by atoms with van der Waals surface area (Å²) in [5, 5.41) is 0. The van der Waals surface area contributed by atoms with Gasteiger partial charge in [-0.2, -0.15) is 0 Å². The van der Waals surface area contributed by atoms with Crippen molar-refractivity contribution < 1.29 is 0 Å². The molecule has 3 atom stereocenters. The first-order valence-electron chi connectivity index (χ1n) is 27.5. The van der Waals surface area contributed by atoms with E-state index in [-0.39, 0.29) is 21.7 Å². The van der Waals surface area contributed by atoms with Crippen molar-refractivity contribution in [1.82, 2.24) is 0 Å². The van der Waals surface area contributed by atoms with Gasteiger partial charge in [0, 0.05) is 27.6 Å². The Morgan fingerprint density at radius 1 is 0.419 bits per heavy atom. The van der Waals surface area contributed by atoms with Crippen LogP contribution in [0.15, 0.2) is 200 Å².